The van der Waals surface area contributed by atoms with Crippen LogP contribution in [0.5, 0.6) is 0 Å². The average molecular weight is 420 g/mol. The third kappa shape index (κ3) is 3.96. The Morgan fingerprint density at radius 1 is 1.23 bits per heavy atom. The van der Waals surface area contributed by atoms with E-state index in [-0.39, 0.29) is 23.4 Å². The number of carbonyl (C=O) groups is 1. The molecular formula is C21H23F3N4O2. The van der Waals surface area contributed by atoms with Crippen LogP contribution in [0, 0.1) is 6.92 Å². The number of halogens is 3. The topological polar surface area (TPSA) is 72.8 Å². The Labute approximate surface area is 172 Å². The van der Waals surface area contributed by atoms with Crippen molar-refractivity contribution in [1.29, 1.82) is 0 Å². The molecule has 0 unspecified atom stereocenters. The Morgan fingerprint density at radius 3 is 2.47 bits per heavy atom. The summed E-state index contributed by atoms with van der Waals surface area (Å²) in [5, 5.41) is 6.32. The van der Waals surface area contributed by atoms with Crippen molar-refractivity contribution < 1.29 is 22.7 Å². The maximum atomic E-state index is 14.1. The minimum Gasteiger partial charge on any atom is -0.464 e. The highest BCUT2D eigenvalue weighted by Crippen LogP contribution is 2.40. The number of carbonyl (C=O) groups excluding carboxylic acids is 1. The molecule has 6 nitrogen and oxygen atoms in total. The van der Waals surface area contributed by atoms with Crippen LogP contribution in [0.25, 0.3) is 11.1 Å². The minimum atomic E-state index is -4.58. The predicted molar refractivity (Wildman–Crippen MR) is 105 cm³/mol. The maximum absolute atomic E-state index is 14.1. The number of ether oxygens (including phenoxy) is 1. The van der Waals surface area contributed by atoms with Crippen LogP contribution in [0.2, 0.25) is 0 Å². The van der Waals surface area contributed by atoms with E-state index in [1.165, 1.54) is 31.6 Å². The summed E-state index contributed by atoms with van der Waals surface area (Å²) < 4.78 is 48.7. The van der Waals surface area contributed by atoms with Crippen LogP contribution in [0.15, 0.2) is 30.6 Å². The number of hydrogen-bond donors (Lipinski definition) is 1. The van der Waals surface area contributed by atoms with E-state index in [1.807, 2.05) is 20.8 Å². The van der Waals surface area contributed by atoms with Gasteiger partial charge in [0.1, 0.15) is 5.82 Å². The first-order valence-electron chi connectivity index (χ1n) is 9.29. The van der Waals surface area contributed by atoms with Gasteiger partial charge in [0, 0.05) is 29.4 Å². The highest BCUT2D eigenvalue weighted by Gasteiger charge is 2.37. The molecular weight excluding hydrogens is 397 g/mol. The summed E-state index contributed by atoms with van der Waals surface area (Å²) in [6.07, 6.45) is -1.80. The molecule has 0 bridgehead atoms. The lowest BCUT2D eigenvalue weighted by Gasteiger charge is -2.23. The molecule has 1 N–H and O–H groups in total. The Kier molecular flexibility index (Phi) is 5.49. The van der Waals surface area contributed by atoms with Gasteiger partial charge >= 0.3 is 12.1 Å². The summed E-state index contributed by atoms with van der Waals surface area (Å²) in [7, 11) is 1.24. The van der Waals surface area contributed by atoms with Crippen molar-refractivity contribution in [2.24, 2.45) is 0 Å². The van der Waals surface area contributed by atoms with E-state index >= 15 is 0 Å². The van der Waals surface area contributed by atoms with Crippen molar-refractivity contribution in [2.75, 3.05) is 7.11 Å². The van der Waals surface area contributed by atoms with Gasteiger partial charge in [0.2, 0.25) is 0 Å². The number of imidazole rings is 1. The van der Waals surface area contributed by atoms with E-state index in [0.717, 1.165) is 0 Å². The first kappa shape index (κ1) is 21.6. The SMILES string of the molecule is COC(=O)c1nc(C(C)(C)C)n(Cc2cccc(-c3cn[nH]c3)c2C(F)(F)F)c1C. The van der Waals surface area contributed by atoms with Crippen molar-refractivity contribution in [2.45, 2.75) is 45.8 Å². The fraction of sp³-hybridized carbons (Fsp3) is 0.381. The second-order valence-corrected chi connectivity index (χ2v) is 8.02. The number of aromatic amines is 1. The van der Waals surface area contributed by atoms with E-state index in [0.29, 0.717) is 17.1 Å². The molecule has 0 amide bonds. The van der Waals surface area contributed by atoms with Crippen LogP contribution in [-0.4, -0.2) is 32.8 Å². The van der Waals surface area contributed by atoms with E-state index in [2.05, 4.69) is 15.2 Å². The quantitative estimate of drug-likeness (QED) is 0.619. The molecule has 0 radical (unpaired) electrons. The van der Waals surface area contributed by atoms with Gasteiger partial charge in [-0.25, -0.2) is 9.78 Å². The number of benzene rings is 1. The normalized spacial score (nSPS) is 12.3. The molecule has 0 saturated carbocycles. The second kappa shape index (κ2) is 7.62. The van der Waals surface area contributed by atoms with Gasteiger partial charge in [-0.2, -0.15) is 18.3 Å². The maximum Gasteiger partial charge on any atom is 0.417 e. The van der Waals surface area contributed by atoms with Crippen molar-refractivity contribution in [3.05, 3.63) is 58.9 Å². The number of aromatic nitrogens is 4. The van der Waals surface area contributed by atoms with Crippen molar-refractivity contribution in [1.82, 2.24) is 19.7 Å². The Morgan fingerprint density at radius 2 is 1.93 bits per heavy atom. The molecule has 0 saturated heterocycles. The fourth-order valence-corrected chi connectivity index (χ4v) is 3.47. The van der Waals surface area contributed by atoms with Gasteiger partial charge in [-0.05, 0) is 18.1 Å². The van der Waals surface area contributed by atoms with Crippen LogP contribution >= 0.6 is 0 Å². The summed E-state index contributed by atoms with van der Waals surface area (Å²) in [5.74, 6) is -0.123. The molecule has 0 aliphatic carbocycles. The molecule has 0 spiro atoms. The van der Waals surface area contributed by atoms with Crippen LogP contribution in [0.3, 0.4) is 0 Å². The standard InChI is InChI=1S/C21H23F3N4O2/c1-12-17(18(29)30-5)27-19(20(2,3)4)28(12)11-13-7-6-8-15(14-9-25-26-10-14)16(13)21(22,23)24/h6-10H,11H2,1-5H3,(H,25,26). The predicted octanol–water partition coefficient (Wildman–Crippen LogP) is 4.73. The second-order valence-electron chi connectivity index (χ2n) is 8.02. The number of esters is 1. The molecule has 0 aliphatic rings. The lowest BCUT2D eigenvalue weighted by molar-refractivity contribution is -0.137. The van der Waals surface area contributed by atoms with E-state index in [4.69, 9.17) is 4.74 Å². The summed E-state index contributed by atoms with van der Waals surface area (Å²) in [6.45, 7) is 7.22. The lowest BCUT2D eigenvalue weighted by Crippen LogP contribution is -2.21. The molecule has 2 heterocycles. The minimum absolute atomic E-state index is 0.0389. The molecule has 2 aromatic heterocycles. The van der Waals surface area contributed by atoms with Gasteiger partial charge in [-0.3, -0.25) is 5.10 Å². The first-order valence-corrected chi connectivity index (χ1v) is 9.29. The summed E-state index contributed by atoms with van der Waals surface area (Å²) in [5.41, 5.74) is -0.231. The largest absolute Gasteiger partial charge is 0.464 e. The number of nitrogens with zero attached hydrogens (tertiary/aromatic N) is 3. The first-order chi connectivity index (χ1) is 13.9. The van der Waals surface area contributed by atoms with E-state index in [9.17, 15) is 18.0 Å². The highest BCUT2D eigenvalue weighted by molar-refractivity contribution is 5.88. The average Bonchev–Trinajstić information content (AvgIpc) is 3.29. The number of alkyl halides is 3. The van der Waals surface area contributed by atoms with Gasteiger partial charge in [0.05, 0.1) is 18.9 Å². The molecule has 3 rings (SSSR count). The smallest absolute Gasteiger partial charge is 0.417 e. The zero-order valence-electron chi connectivity index (χ0n) is 17.4. The molecule has 0 atom stereocenters. The van der Waals surface area contributed by atoms with Crippen LogP contribution < -0.4 is 0 Å². The summed E-state index contributed by atoms with van der Waals surface area (Å²) in [6, 6.07) is 4.44. The number of nitrogens with one attached hydrogen (secondary N) is 1. The number of hydrogen-bond acceptors (Lipinski definition) is 4. The number of rotatable bonds is 4. The lowest BCUT2D eigenvalue weighted by atomic mass is 9.94. The van der Waals surface area contributed by atoms with Crippen LogP contribution in [0.4, 0.5) is 13.2 Å². The van der Waals surface area contributed by atoms with Gasteiger partial charge in [-0.15, -0.1) is 0 Å². The molecule has 3 aromatic rings. The molecule has 30 heavy (non-hydrogen) atoms. The Bertz CT molecular complexity index is 1060. The molecule has 0 aliphatic heterocycles. The van der Waals surface area contributed by atoms with Crippen molar-refractivity contribution >= 4 is 5.97 Å². The van der Waals surface area contributed by atoms with Crippen molar-refractivity contribution in [3.63, 3.8) is 0 Å². The van der Waals surface area contributed by atoms with E-state index in [1.54, 1.807) is 17.6 Å². The van der Waals surface area contributed by atoms with Crippen molar-refractivity contribution in [3.8, 4) is 11.1 Å². The number of H-pyrrole nitrogens is 1. The fourth-order valence-electron chi connectivity index (χ4n) is 3.47. The number of methoxy groups -OCH3 is 1. The highest BCUT2D eigenvalue weighted by atomic mass is 19.4. The van der Waals surface area contributed by atoms with E-state index < -0.39 is 23.1 Å². The summed E-state index contributed by atoms with van der Waals surface area (Å²) >= 11 is 0. The Balaban J connectivity index is 2.21. The van der Waals surface area contributed by atoms with Gasteiger partial charge in [-0.1, -0.05) is 39.0 Å². The monoisotopic (exact) mass is 420 g/mol. The van der Waals surface area contributed by atoms with Gasteiger partial charge < -0.3 is 9.30 Å². The third-order valence-corrected chi connectivity index (χ3v) is 4.84. The van der Waals surface area contributed by atoms with Gasteiger partial charge in [0.25, 0.3) is 0 Å². The molecule has 160 valence electrons. The summed E-state index contributed by atoms with van der Waals surface area (Å²) in [4.78, 5) is 16.5. The third-order valence-electron chi connectivity index (χ3n) is 4.84. The molecule has 1 aromatic carbocycles. The molecule has 0 fully saturated rings. The zero-order chi connectivity index (χ0) is 22.3. The van der Waals surface area contributed by atoms with Crippen LogP contribution in [-0.2, 0) is 22.9 Å². The van der Waals surface area contributed by atoms with Crippen LogP contribution in [0.1, 0.15) is 53.9 Å². The zero-order valence-corrected chi connectivity index (χ0v) is 17.4. The van der Waals surface area contributed by atoms with Gasteiger partial charge in [0.15, 0.2) is 5.69 Å². The molecule has 9 heteroatoms. The Hall–Kier alpha value is -3.10.